The van der Waals surface area contributed by atoms with Gasteiger partial charge in [0.2, 0.25) is 0 Å². The summed E-state index contributed by atoms with van der Waals surface area (Å²) in [6.45, 7) is 10.1. The van der Waals surface area contributed by atoms with Crippen LogP contribution >= 0.6 is 0 Å². The highest BCUT2D eigenvalue weighted by Crippen LogP contribution is 2.36. The summed E-state index contributed by atoms with van der Waals surface area (Å²) < 4.78 is 13.9. The predicted octanol–water partition coefficient (Wildman–Crippen LogP) is 2.15. The fourth-order valence-electron chi connectivity index (χ4n) is 2.77. The molecule has 0 bridgehead atoms. The molecule has 0 atom stereocenters. The van der Waals surface area contributed by atoms with Gasteiger partial charge in [0.1, 0.15) is 0 Å². The molecule has 4 nitrogen and oxygen atoms in total. The molecule has 0 radical (unpaired) electrons. The van der Waals surface area contributed by atoms with Gasteiger partial charge in [0.15, 0.2) is 0 Å². The van der Waals surface area contributed by atoms with Crippen LogP contribution in [0.2, 0.25) is 0 Å². The predicted molar refractivity (Wildman–Crippen MR) is 89.6 cm³/mol. The molecule has 0 saturated carbocycles. The number of fused-ring (bicyclic) bond motifs is 1. The Balaban J connectivity index is 2.10. The number of hydrogen-bond donors (Lipinski definition) is 0. The molecule has 1 fully saturated rings. The van der Waals surface area contributed by atoms with Gasteiger partial charge in [-0.25, -0.2) is 0 Å². The molecule has 22 heavy (non-hydrogen) atoms. The van der Waals surface area contributed by atoms with Crippen LogP contribution in [-0.4, -0.2) is 22.9 Å². The molecule has 0 amide bonds. The Morgan fingerprint density at radius 3 is 2.23 bits per heavy atom. The Labute approximate surface area is 131 Å². The van der Waals surface area contributed by atoms with E-state index >= 15 is 0 Å². The van der Waals surface area contributed by atoms with Gasteiger partial charge in [0.25, 0.3) is 5.56 Å². The number of hydrogen-bond acceptors (Lipinski definition) is 3. The maximum absolute atomic E-state index is 11.9. The first kappa shape index (κ1) is 15.3. The second-order valence-corrected chi connectivity index (χ2v) is 7.09. The zero-order valence-corrected chi connectivity index (χ0v) is 14.1. The molecule has 1 aliphatic rings. The summed E-state index contributed by atoms with van der Waals surface area (Å²) in [6.07, 6.45) is 0. The van der Waals surface area contributed by atoms with Gasteiger partial charge >= 0.3 is 7.12 Å². The first-order valence-electron chi connectivity index (χ1n) is 7.58. The van der Waals surface area contributed by atoms with Crippen molar-refractivity contribution in [2.75, 3.05) is 0 Å². The Kier molecular flexibility index (Phi) is 3.27. The summed E-state index contributed by atoms with van der Waals surface area (Å²) in [7, 11) is 1.41. The van der Waals surface area contributed by atoms with Crippen molar-refractivity contribution in [2.45, 2.75) is 45.8 Å². The van der Waals surface area contributed by atoms with E-state index < -0.39 is 0 Å². The van der Waals surface area contributed by atoms with Crippen LogP contribution < -0.4 is 11.0 Å². The monoisotopic (exact) mass is 299 g/mol. The van der Waals surface area contributed by atoms with E-state index in [1.54, 1.807) is 17.7 Å². The van der Waals surface area contributed by atoms with Gasteiger partial charge in [-0.2, -0.15) is 0 Å². The van der Waals surface area contributed by atoms with Crippen LogP contribution in [0, 0.1) is 6.92 Å². The van der Waals surface area contributed by atoms with Gasteiger partial charge in [-0.1, -0.05) is 12.1 Å². The average Bonchev–Trinajstić information content (AvgIpc) is 2.64. The number of benzene rings is 1. The molecule has 1 aromatic carbocycles. The first-order chi connectivity index (χ1) is 10.1. The van der Waals surface area contributed by atoms with E-state index in [4.69, 9.17) is 9.31 Å². The van der Waals surface area contributed by atoms with Crippen molar-refractivity contribution in [1.29, 1.82) is 0 Å². The summed E-state index contributed by atoms with van der Waals surface area (Å²) in [5, 5.41) is 1.05. The van der Waals surface area contributed by atoms with Crippen molar-refractivity contribution in [1.82, 2.24) is 4.57 Å². The second kappa shape index (κ2) is 4.70. The largest absolute Gasteiger partial charge is 0.494 e. The van der Waals surface area contributed by atoms with Crippen molar-refractivity contribution >= 4 is 23.5 Å². The maximum Gasteiger partial charge on any atom is 0.494 e. The third kappa shape index (κ3) is 2.20. The number of pyridine rings is 1. The van der Waals surface area contributed by atoms with Gasteiger partial charge in [0.05, 0.1) is 16.7 Å². The molecule has 0 aliphatic carbocycles. The van der Waals surface area contributed by atoms with Gasteiger partial charge in [-0.05, 0) is 51.7 Å². The van der Waals surface area contributed by atoms with E-state index in [1.807, 2.05) is 46.8 Å². The lowest BCUT2D eigenvalue weighted by atomic mass is 9.78. The van der Waals surface area contributed by atoms with Crippen molar-refractivity contribution in [3.63, 3.8) is 0 Å². The van der Waals surface area contributed by atoms with E-state index in [0.29, 0.717) is 0 Å². The molecule has 0 spiro atoms. The highest BCUT2D eigenvalue weighted by molar-refractivity contribution is 6.62. The molecule has 2 heterocycles. The molecular weight excluding hydrogens is 277 g/mol. The van der Waals surface area contributed by atoms with Crippen LogP contribution in [0.3, 0.4) is 0 Å². The SMILES string of the molecule is Cc1cc(=O)n(C)c2ccc(B3OC(C)(C)C(C)(C)O3)cc12. The molecule has 3 rings (SSSR count). The van der Waals surface area contributed by atoms with Gasteiger partial charge < -0.3 is 13.9 Å². The number of nitrogens with zero attached hydrogens (tertiary/aromatic N) is 1. The smallest absolute Gasteiger partial charge is 0.399 e. The number of aromatic nitrogens is 1. The molecule has 1 saturated heterocycles. The number of aryl methyl sites for hydroxylation is 2. The van der Waals surface area contributed by atoms with Crippen molar-refractivity contribution in [3.8, 4) is 0 Å². The zero-order chi connectivity index (χ0) is 16.3. The van der Waals surface area contributed by atoms with Crippen LogP contribution in [0.15, 0.2) is 29.1 Å². The van der Waals surface area contributed by atoms with Crippen molar-refractivity contribution < 1.29 is 9.31 Å². The summed E-state index contributed by atoms with van der Waals surface area (Å²) >= 11 is 0. The summed E-state index contributed by atoms with van der Waals surface area (Å²) in [4.78, 5) is 11.9. The van der Waals surface area contributed by atoms with E-state index in [-0.39, 0.29) is 23.9 Å². The summed E-state index contributed by atoms with van der Waals surface area (Å²) in [5.41, 5.74) is 2.17. The Hall–Kier alpha value is -1.59. The third-order valence-corrected chi connectivity index (χ3v) is 5.00. The molecule has 0 N–H and O–H groups in total. The lowest BCUT2D eigenvalue weighted by Gasteiger charge is -2.32. The summed E-state index contributed by atoms with van der Waals surface area (Å²) in [5.74, 6) is 0. The van der Waals surface area contributed by atoms with E-state index in [0.717, 1.165) is 21.9 Å². The maximum atomic E-state index is 11.9. The standard InChI is InChI=1S/C17H22BNO3/c1-11-9-15(20)19(6)14-8-7-12(10-13(11)14)18-21-16(2,3)17(4,5)22-18/h7-10H,1-6H3. The topological polar surface area (TPSA) is 40.5 Å². The highest BCUT2D eigenvalue weighted by Gasteiger charge is 2.51. The molecule has 2 aromatic rings. The fraction of sp³-hybridized carbons (Fsp3) is 0.471. The van der Waals surface area contributed by atoms with E-state index in [9.17, 15) is 4.79 Å². The molecule has 5 heteroatoms. The van der Waals surface area contributed by atoms with Crippen LogP contribution in [-0.2, 0) is 16.4 Å². The minimum atomic E-state index is -0.383. The minimum Gasteiger partial charge on any atom is -0.399 e. The molecular formula is C17H22BNO3. The van der Waals surface area contributed by atoms with Gasteiger partial charge in [-0.15, -0.1) is 0 Å². The highest BCUT2D eigenvalue weighted by atomic mass is 16.7. The van der Waals surface area contributed by atoms with Crippen molar-refractivity contribution in [3.05, 3.63) is 40.2 Å². The van der Waals surface area contributed by atoms with Crippen LogP contribution in [0.5, 0.6) is 0 Å². The fourth-order valence-corrected chi connectivity index (χ4v) is 2.77. The molecule has 0 unspecified atom stereocenters. The summed E-state index contributed by atoms with van der Waals surface area (Å²) in [6, 6.07) is 7.66. The quantitative estimate of drug-likeness (QED) is 0.758. The molecule has 1 aliphatic heterocycles. The van der Waals surface area contributed by atoms with Gasteiger partial charge in [0, 0.05) is 18.5 Å². The van der Waals surface area contributed by atoms with Crippen LogP contribution in [0.4, 0.5) is 0 Å². The average molecular weight is 299 g/mol. The van der Waals surface area contributed by atoms with Gasteiger partial charge in [-0.3, -0.25) is 4.79 Å². The van der Waals surface area contributed by atoms with Crippen molar-refractivity contribution in [2.24, 2.45) is 7.05 Å². The third-order valence-electron chi connectivity index (χ3n) is 5.00. The Bertz CT molecular complexity index is 791. The van der Waals surface area contributed by atoms with Crippen LogP contribution in [0.25, 0.3) is 10.9 Å². The zero-order valence-electron chi connectivity index (χ0n) is 14.1. The number of rotatable bonds is 1. The Morgan fingerprint density at radius 1 is 1.05 bits per heavy atom. The minimum absolute atomic E-state index is 0.00776. The van der Waals surface area contributed by atoms with E-state index in [1.165, 1.54) is 0 Å². The Morgan fingerprint density at radius 2 is 1.64 bits per heavy atom. The lowest BCUT2D eigenvalue weighted by molar-refractivity contribution is 0.00578. The molecule has 1 aromatic heterocycles. The molecule has 116 valence electrons. The normalized spacial score (nSPS) is 19.8. The lowest BCUT2D eigenvalue weighted by Crippen LogP contribution is -2.41. The van der Waals surface area contributed by atoms with E-state index in [2.05, 4.69) is 6.07 Å². The second-order valence-electron chi connectivity index (χ2n) is 7.09. The van der Waals surface area contributed by atoms with Crippen LogP contribution in [0.1, 0.15) is 33.3 Å². The first-order valence-corrected chi connectivity index (χ1v) is 7.58.